The molecule has 0 fully saturated rings. The summed E-state index contributed by atoms with van der Waals surface area (Å²) < 4.78 is 74.9. The van der Waals surface area contributed by atoms with Crippen molar-refractivity contribution in [3.8, 4) is 0 Å². The maximum atomic E-state index is 13.3. The van der Waals surface area contributed by atoms with E-state index in [2.05, 4.69) is 0 Å². The monoisotopic (exact) mass is 566 g/mol. The molecule has 4 aromatic carbocycles. The van der Waals surface area contributed by atoms with Gasteiger partial charge < -0.3 is 10.6 Å². The number of benzene rings is 4. The first-order chi connectivity index (χ1) is 18.1. The van der Waals surface area contributed by atoms with Gasteiger partial charge in [0.2, 0.25) is 10.9 Å². The number of fused-ring (bicyclic) bond motifs is 5. The molecule has 8 nitrogen and oxygen atoms in total. The maximum Gasteiger partial charge on any atom is 0.471 e. The number of alkyl halides is 6. The molecule has 0 saturated heterocycles. The van der Waals surface area contributed by atoms with Crippen LogP contribution in [0.3, 0.4) is 0 Å². The molecule has 39 heavy (non-hydrogen) atoms. The van der Waals surface area contributed by atoms with Crippen molar-refractivity contribution < 1.29 is 35.9 Å². The number of amides is 2. The summed E-state index contributed by atoms with van der Waals surface area (Å²) in [6.07, 6.45) is -10.4. The van der Waals surface area contributed by atoms with E-state index in [-0.39, 0.29) is 30.9 Å². The number of rotatable bonds is 2. The Balaban J connectivity index is 1.77. The van der Waals surface area contributed by atoms with Crippen LogP contribution in [0.1, 0.15) is 0 Å². The maximum absolute atomic E-state index is 13.3. The molecule has 1 aromatic heterocycles. The second-order valence-corrected chi connectivity index (χ2v) is 9.27. The summed E-state index contributed by atoms with van der Waals surface area (Å²) in [6.45, 7) is 0. The van der Waals surface area contributed by atoms with E-state index in [0.29, 0.717) is 11.3 Å². The van der Waals surface area contributed by atoms with Gasteiger partial charge in [0.15, 0.2) is 10.9 Å². The second-order valence-electron chi connectivity index (χ2n) is 8.25. The Kier molecular flexibility index (Phi) is 5.61. The van der Waals surface area contributed by atoms with Crippen LogP contribution in [0.25, 0.3) is 41.7 Å². The van der Waals surface area contributed by atoms with Crippen molar-refractivity contribution in [1.29, 1.82) is 0 Å². The summed E-state index contributed by atoms with van der Waals surface area (Å²) in [4.78, 5) is 75.5. The zero-order chi connectivity index (χ0) is 28.6. The fourth-order valence-electron chi connectivity index (χ4n) is 4.12. The Morgan fingerprint density at radius 2 is 0.923 bits per heavy atom. The van der Waals surface area contributed by atoms with Crippen molar-refractivity contribution in [2.45, 2.75) is 12.4 Å². The molecule has 198 valence electrons. The number of halogens is 6. The fraction of sp³-hybridized carbons (Fsp3) is 0.0833. The van der Waals surface area contributed by atoms with Gasteiger partial charge in [-0.1, -0.05) is 0 Å². The number of carbonyl (C=O) groups is 2. The number of nitrogens with one attached hydrogen (secondary N) is 2. The van der Waals surface area contributed by atoms with E-state index in [9.17, 15) is 55.1 Å². The highest BCUT2D eigenvalue weighted by molar-refractivity contribution is 7.25. The number of anilines is 2. The normalized spacial score (nSPS) is 12.5. The third-order valence-electron chi connectivity index (χ3n) is 5.82. The van der Waals surface area contributed by atoms with Crippen molar-refractivity contribution in [2.75, 3.05) is 10.6 Å². The van der Waals surface area contributed by atoms with Gasteiger partial charge in [0.1, 0.15) is 0 Å². The Labute approximate surface area is 212 Å². The van der Waals surface area contributed by atoms with E-state index < -0.39 is 68.0 Å². The predicted octanol–water partition coefficient (Wildman–Crippen LogP) is 3.68. The van der Waals surface area contributed by atoms with Gasteiger partial charge >= 0.3 is 24.2 Å². The second kappa shape index (κ2) is 8.42. The highest BCUT2D eigenvalue weighted by Gasteiger charge is 2.39. The third-order valence-corrected chi connectivity index (χ3v) is 7.01. The number of carbonyl (C=O) groups excluding carboxylic acids is 2. The van der Waals surface area contributed by atoms with Crippen molar-refractivity contribution in [1.82, 2.24) is 0 Å². The Bertz CT molecular complexity index is 1970. The smallest absolute Gasteiger partial charge is 0.318 e. The highest BCUT2D eigenvalue weighted by Crippen LogP contribution is 2.30. The molecule has 0 aliphatic heterocycles. The SMILES string of the molecule is O=C(Nc1ccc2c(=O)c3c(sc4c(=O)c5cc(NC(=O)C(F)(F)F)ccc5c(=O)c43)c(=O)c2c1)C(F)(F)F. The topological polar surface area (TPSA) is 126 Å². The van der Waals surface area contributed by atoms with Gasteiger partial charge in [-0.05, 0) is 36.4 Å². The largest absolute Gasteiger partial charge is 0.471 e. The lowest BCUT2D eigenvalue weighted by Gasteiger charge is -2.08. The zero-order valence-corrected chi connectivity index (χ0v) is 19.4. The average molecular weight is 566 g/mol. The lowest BCUT2D eigenvalue weighted by atomic mass is 10.0. The van der Waals surface area contributed by atoms with Gasteiger partial charge in [0, 0.05) is 32.9 Å². The van der Waals surface area contributed by atoms with Crippen molar-refractivity contribution in [2.24, 2.45) is 0 Å². The quantitative estimate of drug-likeness (QED) is 0.314. The van der Waals surface area contributed by atoms with Crippen LogP contribution in [0.4, 0.5) is 37.7 Å². The summed E-state index contributed by atoms with van der Waals surface area (Å²) in [5, 5.41) is 1.03. The predicted molar refractivity (Wildman–Crippen MR) is 131 cm³/mol. The molecule has 0 bridgehead atoms. The highest BCUT2D eigenvalue weighted by atomic mass is 32.1. The van der Waals surface area contributed by atoms with E-state index in [1.54, 1.807) is 10.6 Å². The molecule has 0 spiro atoms. The summed E-state index contributed by atoms with van der Waals surface area (Å²) in [7, 11) is 0. The van der Waals surface area contributed by atoms with Crippen LogP contribution in [0.5, 0.6) is 0 Å². The molecular weight excluding hydrogens is 558 g/mol. The van der Waals surface area contributed by atoms with Gasteiger partial charge in [0.05, 0.1) is 20.2 Å². The molecule has 0 saturated carbocycles. The minimum Gasteiger partial charge on any atom is -0.318 e. The molecular formula is C24H8F6N2O6S. The number of thiophene rings is 1. The van der Waals surface area contributed by atoms with Crippen LogP contribution in [-0.2, 0) is 9.59 Å². The van der Waals surface area contributed by atoms with Gasteiger partial charge in [-0.25, -0.2) is 0 Å². The molecule has 0 atom stereocenters. The van der Waals surface area contributed by atoms with Crippen LogP contribution in [0, 0.1) is 0 Å². The first-order valence-electron chi connectivity index (χ1n) is 10.5. The first kappa shape index (κ1) is 26.0. The first-order valence-corrected chi connectivity index (χ1v) is 11.3. The molecule has 1 heterocycles. The Morgan fingerprint density at radius 3 is 1.26 bits per heavy atom. The number of hydrogen-bond acceptors (Lipinski definition) is 7. The van der Waals surface area contributed by atoms with Crippen LogP contribution in [0.15, 0.2) is 55.6 Å². The lowest BCUT2D eigenvalue weighted by Crippen LogP contribution is -2.30. The molecule has 15 heteroatoms. The van der Waals surface area contributed by atoms with E-state index in [1.165, 1.54) is 0 Å². The van der Waals surface area contributed by atoms with Gasteiger partial charge in [-0.3, -0.25) is 28.8 Å². The van der Waals surface area contributed by atoms with Gasteiger partial charge in [0.25, 0.3) is 0 Å². The van der Waals surface area contributed by atoms with E-state index in [1.807, 2.05) is 0 Å². The Morgan fingerprint density at radius 1 is 0.564 bits per heavy atom. The van der Waals surface area contributed by atoms with E-state index in [4.69, 9.17) is 0 Å². The van der Waals surface area contributed by atoms with Gasteiger partial charge in [-0.15, -0.1) is 11.3 Å². The summed E-state index contributed by atoms with van der Waals surface area (Å²) in [6, 6.07) is 5.61. The van der Waals surface area contributed by atoms with Crippen LogP contribution in [-0.4, -0.2) is 24.2 Å². The van der Waals surface area contributed by atoms with Crippen molar-refractivity contribution >= 4 is 76.2 Å². The fourth-order valence-corrected chi connectivity index (χ4v) is 5.32. The third kappa shape index (κ3) is 4.10. The Hall–Kier alpha value is -4.66. The number of hydrogen-bond donors (Lipinski definition) is 2. The standard InChI is InChI=1S/C24H8F6N2O6S/c25-23(26,27)21(37)31-7-1-3-9-11(5-7)17(35)19-13(15(9)33)14-16(34)10-4-2-8(32-22(38)24(28,29)30)6-12(10)18(36)20(14)39-19/h1-6H,(H,31,37)(H,32,38). The summed E-state index contributed by atoms with van der Waals surface area (Å²) in [5.41, 5.74) is -4.41. The molecule has 5 aromatic rings. The van der Waals surface area contributed by atoms with Crippen LogP contribution >= 0.6 is 11.3 Å². The molecule has 0 aliphatic rings. The average Bonchev–Trinajstić information content (AvgIpc) is 3.26. The minimum absolute atomic E-state index is 0.283. The zero-order valence-electron chi connectivity index (χ0n) is 18.6. The molecule has 2 N–H and O–H groups in total. The molecule has 0 aliphatic carbocycles. The van der Waals surface area contributed by atoms with E-state index in [0.717, 1.165) is 36.4 Å². The van der Waals surface area contributed by atoms with Crippen molar-refractivity contribution in [3.05, 3.63) is 77.3 Å². The van der Waals surface area contributed by atoms with Crippen LogP contribution in [0.2, 0.25) is 0 Å². The summed E-state index contributed by atoms with van der Waals surface area (Å²) >= 11 is 0.461. The van der Waals surface area contributed by atoms with Crippen molar-refractivity contribution in [3.63, 3.8) is 0 Å². The lowest BCUT2D eigenvalue weighted by molar-refractivity contribution is -0.167. The van der Waals surface area contributed by atoms with Crippen LogP contribution < -0.4 is 32.3 Å². The van der Waals surface area contributed by atoms with E-state index >= 15 is 0 Å². The molecule has 0 unspecified atom stereocenters. The molecule has 5 rings (SSSR count). The summed E-state index contributed by atoms with van der Waals surface area (Å²) in [5.74, 6) is -4.63. The molecule has 0 radical (unpaired) electrons. The molecule has 2 amide bonds. The minimum atomic E-state index is -5.22. The van der Waals surface area contributed by atoms with Gasteiger partial charge in [-0.2, -0.15) is 26.3 Å².